The molecule has 3 N–H and O–H groups in total. The van der Waals surface area contributed by atoms with E-state index in [0.29, 0.717) is 0 Å². The summed E-state index contributed by atoms with van der Waals surface area (Å²) in [6.07, 6.45) is 0. The monoisotopic (exact) mass is 288 g/mol. The molecule has 0 fully saturated rings. The van der Waals surface area contributed by atoms with Crippen molar-refractivity contribution in [3.8, 4) is 0 Å². The third kappa shape index (κ3) is 5.46. The molecule has 7 heteroatoms. The molecule has 1 unspecified atom stereocenters. The van der Waals surface area contributed by atoms with E-state index in [1.165, 1.54) is 7.11 Å². The first-order valence-corrected chi connectivity index (χ1v) is 6.38. The summed E-state index contributed by atoms with van der Waals surface area (Å²) in [6, 6.07) is -2.60. The number of esters is 1. The van der Waals surface area contributed by atoms with Gasteiger partial charge in [-0.2, -0.15) is 0 Å². The standard InChI is InChI=1S/C13H24N2O5/c1-7(2)8(11(18)20-6)14-12(19)15-9(10(16)17)13(3,4)5/h7-9H,1-6H3,(H,16,17)(H2,14,15,19)/t8?,9-/m0/s1. The minimum Gasteiger partial charge on any atom is -0.480 e. The Bertz CT molecular complexity index is 373. The Morgan fingerprint density at radius 1 is 1.10 bits per heavy atom. The van der Waals surface area contributed by atoms with Gasteiger partial charge < -0.3 is 20.5 Å². The first kappa shape index (κ1) is 18.2. The largest absolute Gasteiger partial charge is 0.480 e. The highest BCUT2D eigenvalue weighted by Crippen LogP contribution is 2.19. The second-order valence-electron chi connectivity index (χ2n) is 6.00. The van der Waals surface area contributed by atoms with Gasteiger partial charge in [0.15, 0.2) is 0 Å². The molecule has 7 nitrogen and oxygen atoms in total. The van der Waals surface area contributed by atoms with Crippen LogP contribution in [0.3, 0.4) is 0 Å². The summed E-state index contributed by atoms with van der Waals surface area (Å²) in [5.74, 6) is -1.88. The smallest absolute Gasteiger partial charge is 0.328 e. The Morgan fingerprint density at radius 2 is 1.60 bits per heavy atom. The Hall–Kier alpha value is -1.79. The van der Waals surface area contributed by atoms with E-state index in [9.17, 15) is 14.4 Å². The molecule has 0 heterocycles. The quantitative estimate of drug-likeness (QED) is 0.654. The van der Waals surface area contributed by atoms with E-state index in [0.717, 1.165) is 0 Å². The van der Waals surface area contributed by atoms with E-state index in [-0.39, 0.29) is 5.92 Å². The van der Waals surface area contributed by atoms with Crippen molar-refractivity contribution in [1.29, 1.82) is 0 Å². The number of carboxylic acids is 1. The molecule has 20 heavy (non-hydrogen) atoms. The van der Waals surface area contributed by atoms with E-state index >= 15 is 0 Å². The average Bonchev–Trinajstić information content (AvgIpc) is 2.29. The fraction of sp³-hybridized carbons (Fsp3) is 0.769. The van der Waals surface area contributed by atoms with Crippen molar-refractivity contribution in [3.05, 3.63) is 0 Å². The number of nitrogens with one attached hydrogen (secondary N) is 2. The molecule has 0 aromatic heterocycles. The van der Waals surface area contributed by atoms with Crippen LogP contribution in [0.25, 0.3) is 0 Å². The van der Waals surface area contributed by atoms with Crippen molar-refractivity contribution >= 4 is 18.0 Å². The molecule has 0 aliphatic carbocycles. The summed E-state index contributed by atoms with van der Waals surface area (Å²) in [7, 11) is 1.23. The number of urea groups is 1. The predicted octanol–water partition coefficient (Wildman–Crippen LogP) is 0.982. The fourth-order valence-corrected chi connectivity index (χ4v) is 1.59. The third-order valence-electron chi connectivity index (χ3n) is 2.80. The van der Waals surface area contributed by atoms with E-state index in [1.54, 1.807) is 34.6 Å². The van der Waals surface area contributed by atoms with Gasteiger partial charge in [0.05, 0.1) is 7.11 Å². The van der Waals surface area contributed by atoms with Gasteiger partial charge in [0.1, 0.15) is 12.1 Å². The molecule has 2 atom stereocenters. The van der Waals surface area contributed by atoms with Crippen molar-refractivity contribution in [2.75, 3.05) is 7.11 Å². The van der Waals surface area contributed by atoms with Gasteiger partial charge in [-0.1, -0.05) is 34.6 Å². The molecular weight excluding hydrogens is 264 g/mol. The number of rotatable bonds is 5. The molecule has 2 amide bonds. The van der Waals surface area contributed by atoms with Gasteiger partial charge in [-0.25, -0.2) is 14.4 Å². The molecule has 116 valence electrons. The maximum Gasteiger partial charge on any atom is 0.328 e. The zero-order valence-electron chi connectivity index (χ0n) is 12.8. The molecular formula is C13H24N2O5. The average molecular weight is 288 g/mol. The number of carboxylic acid groups (broad SMARTS) is 1. The molecule has 0 saturated carbocycles. The first-order chi connectivity index (χ1) is 9.00. The molecule has 0 rings (SSSR count). The van der Waals surface area contributed by atoms with Gasteiger partial charge >= 0.3 is 18.0 Å². The van der Waals surface area contributed by atoms with Gasteiger partial charge in [0.25, 0.3) is 0 Å². The molecule has 0 bridgehead atoms. The van der Waals surface area contributed by atoms with Gasteiger partial charge in [-0.15, -0.1) is 0 Å². The molecule has 0 spiro atoms. The number of hydrogen-bond acceptors (Lipinski definition) is 4. The molecule has 0 radical (unpaired) electrons. The topological polar surface area (TPSA) is 105 Å². The molecule has 0 aliphatic heterocycles. The minimum absolute atomic E-state index is 0.175. The number of methoxy groups -OCH3 is 1. The normalized spacial score (nSPS) is 14.3. The van der Waals surface area contributed by atoms with Crippen LogP contribution in [0.15, 0.2) is 0 Å². The molecule has 0 aromatic rings. The predicted molar refractivity (Wildman–Crippen MR) is 73.2 cm³/mol. The number of amides is 2. The van der Waals surface area contributed by atoms with E-state index in [1.807, 2.05) is 0 Å². The summed E-state index contributed by atoms with van der Waals surface area (Å²) in [4.78, 5) is 34.5. The van der Waals surface area contributed by atoms with Crippen molar-refractivity contribution in [2.45, 2.75) is 46.7 Å². The lowest BCUT2D eigenvalue weighted by molar-refractivity contribution is -0.144. The minimum atomic E-state index is -1.13. The Morgan fingerprint density at radius 3 is 1.90 bits per heavy atom. The lowest BCUT2D eigenvalue weighted by Gasteiger charge is -2.29. The van der Waals surface area contributed by atoms with Crippen molar-refractivity contribution in [2.24, 2.45) is 11.3 Å². The van der Waals surface area contributed by atoms with Crippen LogP contribution in [0.5, 0.6) is 0 Å². The van der Waals surface area contributed by atoms with Gasteiger partial charge in [-0.05, 0) is 11.3 Å². The van der Waals surface area contributed by atoms with Crippen LogP contribution >= 0.6 is 0 Å². The van der Waals surface area contributed by atoms with Gasteiger partial charge in [-0.3, -0.25) is 0 Å². The number of carbonyl (C=O) groups is 3. The highest BCUT2D eigenvalue weighted by Gasteiger charge is 2.34. The third-order valence-corrected chi connectivity index (χ3v) is 2.80. The van der Waals surface area contributed by atoms with Crippen LogP contribution in [-0.2, 0) is 14.3 Å². The first-order valence-electron chi connectivity index (χ1n) is 6.38. The van der Waals surface area contributed by atoms with Crippen LogP contribution in [0, 0.1) is 11.3 Å². The zero-order valence-corrected chi connectivity index (χ0v) is 12.8. The van der Waals surface area contributed by atoms with Crippen molar-refractivity contribution in [3.63, 3.8) is 0 Å². The Kier molecular flexibility index (Phi) is 6.48. The van der Waals surface area contributed by atoms with E-state index in [2.05, 4.69) is 15.4 Å². The summed E-state index contributed by atoms with van der Waals surface area (Å²) in [6.45, 7) is 8.60. The van der Waals surface area contributed by atoms with E-state index < -0.39 is 35.5 Å². The van der Waals surface area contributed by atoms with Crippen LogP contribution in [-0.4, -0.2) is 42.3 Å². The molecule has 0 aliphatic rings. The van der Waals surface area contributed by atoms with Crippen LogP contribution in [0.2, 0.25) is 0 Å². The van der Waals surface area contributed by atoms with Crippen molar-refractivity contribution in [1.82, 2.24) is 10.6 Å². The lowest BCUT2D eigenvalue weighted by atomic mass is 9.87. The zero-order chi connectivity index (χ0) is 16.1. The summed E-state index contributed by atoms with van der Waals surface area (Å²) < 4.78 is 4.60. The number of carbonyl (C=O) groups excluding carboxylic acids is 2. The second kappa shape index (κ2) is 7.12. The van der Waals surface area contributed by atoms with Crippen LogP contribution < -0.4 is 10.6 Å². The van der Waals surface area contributed by atoms with Crippen molar-refractivity contribution < 1.29 is 24.2 Å². The highest BCUT2D eigenvalue weighted by atomic mass is 16.5. The molecule has 0 saturated heterocycles. The maximum atomic E-state index is 11.8. The van der Waals surface area contributed by atoms with Gasteiger partial charge in [0.2, 0.25) is 0 Å². The Balaban J connectivity index is 4.83. The maximum absolute atomic E-state index is 11.8. The summed E-state index contributed by atoms with van der Waals surface area (Å²) in [5, 5.41) is 13.9. The van der Waals surface area contributed by atoms with E-state index in [4.69, 9.17) is 5.11 Å². The van der Waals surface area contributed by atoms with Gasteiger partial charge in [0, 0.05) is 0 Å². The fourth-order valence-electron chi connectivity index (χ4n) is 1.59. The summed E-state index contributed by atoms with van der Waals surface area (Å²) in [5.41, 5.74) is -0.651. The molecule has 0 aromatic carbocycles. The van der Waals surface area contributed by atoms with Crippen LogP contribution in [0.1, 0.15) is 34.6 Å². The lowest BCUT2D eigenvalue weighted by Crippen LogP contribution is -2.56. The SMILES string of the molecule is COC(=O)C(NC(=O)N[C@@H](C(=O)O)C(C)(C)C)C(C)C. The van der Waals surface area contributed by atoms with Crippen LogP contribution in [0.4, 0.5) is 4.79 Å². The highest BCUT2D eigenvalue weighted by molar-refractivity contribution is 5.87. The number of hydrogen-bond donors (Lipinski definition) is 3. The summed E-state index contributed by atoms with van der Waals surface area (Å²) >= 11 is 0. The Labute approximate surface area is 119 Å². The second-order valence-corrected chi connectivity index (χ2v) is 6.00. The number of aliphatic carboxylic acids is 1. The number of ether oxygens (including phenoxy) is 1.